The van der Waals surface area contributed by atoms with Gasteiger partial charge in [0.2, 0.25) is 0 Å². The van der Waals surface area contributed by atoms with Gasteiger partial charge in [-0.25, -0.2) is 4.79 Å². The number of phenols is 1. The number of esters is 1. The van der Waals surface area contributed by atoms with Crippen molar-refractivity contribution >= 4 is 5.97 Å². The molecule has 6 nitrogen and oxygen atoms in total. The summed E-state index contributed by atoms with van der Waals surface area (Å²) in [6, 6.07) is 13.6. The summed E-state index contributed by atoms with van der Waals surface area (Å²) in [5, 5.41) is 23.2. The Kier molecular flexibility index (Phi) is 6.80. The molecule has 0 aliphatic rings. The van der Waals surface area contributed by atoms with Crippen LogP contribution in [0.15, 0.2) is 48.5 Å². The molecule has 0 saturated heterocycles. The van der Waals surface area contributed by atoms with Crippen molar-refractivity contribution in [3.05, 3.63) is 54.1 Å². The van der Waals surface area contributed by atoms with Gasteiger partial charge in [-0.2, -0.15) is 0 Å². The fourth-order valence-corrected chi connectivity index (χ4v) is 2.10. The van der Waals surface area contributed by atoms with Crippen LogP contribution in [0.4, 0.5) is 0 Å². The first-order valence-electron chi connectivity index (χ1n) is 8.08. The Morgan fingerprint density at radius 2 is 1.88 bits per heavy atom. The highest BCUT2D eigenvalue weighted by Crippen LogP contribution is 2.29. The van der Waals surface area contributed by atoms with E-state index in [1.807, 2.05) is 19.9 Å². The minimum atomic E-state index is -0.764. The third kappa shape index (κ3) is 6.10. The summed E-state index contributed by atoms with van der Waals surface area (Å²) < 4.78 is 10.4. The fraction of sp³-hybridized carbons (Fsp3) is 0.316. The molecular weight excluding hydrogens is 322 g/mol. The highest BCUT2D eigenvalue weighted by atomic mass is 16.6. The van der Waals surface area contributed by atoms with Crippen molar-refractivity contribution in [2.45, 2.75) is 26.0 Å². The van der Waals surface area contributed by atoms with Crippen LogP contribution < -0.4 is 14.8 Å². The molecule has 0 radical (unpaired) electrons. The van der Waals surface area contributed by atoms with Crippen LogP contribution in [0.5, 0.6) is 17.2 Å². The molecule has 0 aromatic heterocycles. The highest BCUT2D eigenvalue weighted by molar-refractivity contribution is 5.74. The van der Waals surface area contributed by atoms with Crippen LogP contribution in [0.3, 0.4) is 0 Å². The number of rotatable bonds is 8. The van der Waals surface area contributed by atoms with E-state index in [-0.39, 0.29) is 24.1 Å². The Hall–Kier alpha value is -2.57. The van der Waals surface area contributed by atoms with Crippen molar-refractivity contribution in [1.82, 2.24) is 5.32 Å². The van der Waals surface area contributed by atoms with E-state index in [0.717, 1.165) is 0 Å². The van der Waals surface area contributed by atoms with Gasteiger partial charge in [0.05, 0.1) is 6.10 Å². The molecule has 0 saturated carbocycles. The normalized spacial score (nSPS) is 12.0. The quantitative estimate of drug-likeness (QED) is 0.503. The van der Waals surface area contributed by atoms with E-state index in [4.69, 9.17) is 9.47 Å². The van der Waals surface area contributed by atoms with Crippen LogP contribution >= 0.6 is 0 Å². The van der Waals surface area contributed by atoms with Crippen LogP contribution in [0.2, 0.25) is 0 Å². The molecule has 134 valence electrons. The number of benzene rings is 2. The largest absolute Gasteiger partial charge is 0.504 e. The van der Waals surface area contributed by atoms with Gasteiger partial charge in [0.25, 0.3) is 0 Å². The van der Waals surface area contributed by atoms with E-state index in [1.165, 1.54) is 12.1 Å². The van der Waals surface area contributed by atoms with Crippen molar-refractivity contribution in [2.24, 2.45) is 0 Å². The summed E-state index contributed by atoms with van der Waals surface area (Å²) in [6.45, 7) is 4.04. The molecular formula is C19H23NO5. The first-order valence-corrected chi connectivity index (χ1v) is 8.08. The first kappa shape index (κ1) is 18.8. The van der Waals surface area contributed by atoms with Crippen molar-refractivity contribution in [3.8, 4) is 17.2 Å². The lowest BCUT2D eigenvalue weighted by molar-refractivity contribution is -0.136. The highest BCUT2D eigenvalue weighted by Gasteiger charge is 2.14. The second kappa shape index (κ2) is 9.05. The molecule has 2 aromatic carbocycles. The third-order valence-corrected chi connectivity index (χ3v) is 3.41. The van der Waals surface area contributed by atoms with Gasteiger partial charge in [-0.1, -0.05) is 38.1 Å². The number of aliphatic hydroxyl groups excluding tert-OH is 1. The predicted molar refractivity (Wildman–Crippen MR) is 93.8 cm³/mol. The van der Waals surface area contributed by atoms with E-state index in [1.54, 1.807) is 30.3 Å². The maximum absolute atomic E-state index is 11.8. The molecule has 0 heterocycles. The van der Waals surface area contributed by atoms with Crippen LogP contribution in [0, 0.1) is 0 Å². The smallest absolute Gasteiger partial charge is 0.349 e. The minimum absolute atomic E-state index is 0.0226. The van der Waals surface area contributed by atoms with Gasteiger partial charge in [0.1, 0.15) is 5.75 Å². The SMILES string of the molecule is CC(C)NCC(O)c1ccc(OC(=O)COc2ccccc2)c(O)c1. The summed E-state index contributed by atoms with van der Waals surface area (Å²) in [5.41, 5.74) is 0.533. The van der Waals surface area contributed by atoms with Gasteiger partial charge >= 0.3 is 5.97 Å². The summed E-state index contributed by atoms with van der Waals surface area (Å²) in [7, 11) is 0. The Morgan fingerprint density at radius 3 is 2.52 bits per heavy atom. The molecule has 2 aromatic rings. The van der Waals surface area contributed by atoms with Gasteiger partial charge in [-0.3, -0.25) is 0 Å². The monoisotopic (exact) mass is 345 g/mol. The average molecular weight is 345 g/mol. The van der Waals surface area contributed by atoms with Gasteiger partial charge in [0.15, 0.2) is 18.1 Å². The van der Waals surface area contributed by atoms with E-state index in [0.29, 0.717) is 17.9 Å². The predicted octanol–water partition coefficient (Wildman–Crippen LogP) is 2.41. The molecule has 2 rings (SSSR count). The van der Waals surface area contributed by atoms with Gasteiger partial charge in [-0.15, -0.1) is 0 Å². The van der Waals surface area contributed by atoms with Crippen LogP contribution in [0.25, 0.3) is 0 Å². The maximum Gasteiger partial charge on any atom is 0.349 e. The molecule has 1 atom stereocenters. The number of hydrogen-bond donors (Lipinski definition) is 3. The topological polar surface area (TPSA) is 88.0 Å². The fourth-order valence-electron chi connectivity index (χ4n) is 2.10. The van der Waals surface area contributed by atoms with E-state index in [9.17, 15) is 15.0 Å². The molecule has 0 aliphatic heterocycles. The minimum Gasteiger partial charge on any atom is -0.504 e. The standard InChI is InChI=1S/C19H23NO5/c1-13(2)20-11-17(22)14-8-9-18(16(21)10-14)25-19(23)12-24-15-6-4-3-5-7-15/h3-10,13,17,20-22H,11-12H2,1-2H3. The zero-order valence-electron chi connectivity index (χ0n) is 14.3. The number of aliphatic hydroxyl groups is 1. The summed E-state index contributed by atoms with van der Waals surface area (Å²) in [5.74, 6) is -0.266. The summed E-state index contributed by atoms with van der Waals surface area (Å²) in [4.78, 5) is 11.8. The maximum atomic E-state index is 11.8. The number of phenolic OH excluding ortho intramolecular Hbond substituents is 1. The van der Waals surface area contributed by atoms with Gasteiger partial charge in [-0.05, 0) is 29.8 Å². The van der Waals surface area contributed by atoms with Gasteiger partial charge in [0, 0.05) is 12.6 Å². The number of hydrogen-bond acceptors (Lipinski definition) is 6. The van der Waals surface area contributed by atoms with Crippen LogP contribution in [-0.4, -0.2) is 35.4 Å². The Balaban J connectivity index is 1.90. The Morgan fingerprint density at radius 1 is 1.16 bits per heavy atom. The Bertz CT molecular complexity index is 687. The average Bonchev–Trinajstić information content (AvgIpc) is 2.60. The van der Waals surface area contributed by atoms with Gasteiger partial charge < -0.3 is 25.0 Å². The lowest BCUT2D eigenvalue weighted by Crippen LogP contribution is -2.27. The van der Waals surface area contributed by atoms with Crippen molar-refractivity contribution in [1.29, 1.82) is 0 Å². The number of nitrogens with one attached hydrogen (secondary N) is 1. The second-order valence-corrected chi connectivity index (χ2v) is 5.88. The van der Waals surface area contributed by atoms with E-state index >= 15 is 0 Å². The zero-order valence-corrected chi connectivity index (χ0v) is 14.3. The summed E-state index contributed by atoms with van der Waals surface area (Å²) >= 11 is 0. The molecule has 0 fully saturated rings. The number of carbonyl (C=O) groups is 1. The van der Waals surface area contributed by atoms with E-state index in [2.05, 4.69) is 5.32 Å². The van der Waals surface area contributed by atoms with Crippen LogP contribution in [0.1, 0.15) is 25.5 Å². The lowest BCUT2D eigenvalue weighted by Gasteiger charge is -2.15. The van der Waals surface area contributed by atoms with Crippen molar-refractivity contribution in [2.75, 3.05) is 13.2 Å². The molecule has 6 heteroatoms. The zero-order chi connectivity index (χ0) is 18.2. The summed E-state index contributed by atoms with van der Waals surface area (Å²) in [6.07, 6.45) is -0.764. The lowest BCUT2D eigenvalue weighted by atomic mass is 10.1. The molecule has 0 spiro atoms. The van der Waals surface area contributed by atoms with E-state index < -0.39 is 12.1 Å². The number of aromatic hydroxyl groups is 1. The molecule has 0 amide bonds. The molecule has 25 heavy (non-hydrogen) atoms. The molecule has 1 unspecified atom stereocenters. The number of ether oxygens (including phenoxy) is 2. The molecule has 0 aliphatic carbocycles. The van der Waals surface area contributed by atoms with Crippen molar-refractivity contribution in [3.63, 3.8) is 0 Å². The number of para-hydroxylation sites is 1. The third-order valence-electron chi connectivity index (χ3n) is 3.41. The molecule has 0 bridgehead atoms. The van der Waals surface area contributed by atoms with Crippen LogP contribution in [-0.2, 0) is 4.79 Å². The Labute approximate surface area is 147 Å². The van der Waals surface area contributed by atoms with Crippen molar-refractivity contribution < 1.29 is 24.5 Å². The molecule has 3 N–H and O–H groups in total. The first-order chi connectivity index (χ1) is 12.0. The number of carbonyl (C=O) groups excluding carboxylic acids is 1. The second-order valence-electron chi connectivity index (χ2n) is 5.88.